The van der Waals surface area contributed by atoms with Gasteiger partial charge in [0, 0.05) is 24.3 Å². The fourth-order valence-corrected chi connectivity index (χ4v) is 2.63. The number of aromatic nitrogens is 3. The Labute approximate surface area is 109 Å². The highest BCUT2D eigenvalue weighted by Gasteiger charge is 2.18. The van der Waals surface area contributed by atoms with Crippen molar-refractivity contribution >= 4 is 17.6 Å². The highest BCUT2D eigenvalue weighted by atomic mass is 32.2. The summed E-state index contributed by atoms with van der Waals surface area (Å²) in [7, 11) is 1.82. The molecule has 94 valence electrons. The van der Waals surface area contributed by atoms with Crippen molar-refractivity contribution in [3.8, 4) is 0 Å². The Kier molecular flexibility index (Phi) is 3.52. The van der Waals surface area contributed by atoms with Crippen molar-refractivity contribution < 1.29 is 5.21 Å². The van der Waals surface area contributed by atoms with Crippen molar-refractivity contribution in [3.05, 3.63) is 35.8 Å². The summed E-state index contributed by atoms with van der Waals surface area (Å²) in [5, 5.41) is 17.0. The van der Waals surface area contributed by atoms with Gasteiger partial charge >= 0.3 is 0 Å². The van der Waals surface area contributed by atoms with Crippen LogP contribution in [0, 0.1) is 6.92 Å². The van der Waals surface area contributed by atoms with E-state index in [1.165, 1.54) is 11.8 Å². The van der Waals surface area contributed by atoms with Crippen molar-refractivity contribution in [1.29, 1.82) is 0 Å². The minimum Gasteiger partial charge on any atom is -0.409 e. The van der Waals surface area contributed by atoms with E-state index in [-0.39, 0.29) is 5.84 Å². The zero-order valence-corrected chi connectivity index (χ0v) is 10.8. The van der Waals surface area contributed by atoms with Crippen LogP contribution in [0.15, 0.2) is 39.6 Å². The van der Waals surface area contributed by atoms with Gasteiger partial charge in [-0.3, -0.25) is 9.67 Å². The highest BCUT2D eigenvalue weighted by Crippen LogP contribution is 2.31. The third-order valence-corrected chi connectivity index (χ3v) is 3.57. The molecule has 0 radical (unpaired) electrons. The molecule has 2 heterocycles. The average Bonchev–Trinajstić information content (AvgIpc) is 2.65. The first-order chi connectivity index (χ1) is 8.63. The molecule has 18 heavy (non-hydrogen) atoms. The highest BCUT2D eigenvalue weighted by molar-refractivity contribution is 7.99. The Hall–Kier alpha value is -2.02. The number of amidine groups is 1. The minimum atomic E-state index is 0.0668. The molecule has 3 N–H and O–H groups in total. The second kappa shape index (κ2) is 5.09. The van der Waals surface area contributed by atoms with E-state index >= 15 is 0 Å². The third-order valence-electron chi connectivity index (χ3n) is 2.40. The lowest BCUT2D eigenvalue weighted by Crippen LogP contribution is -2.14. The summed E-state index contributed by atoms with van der Waals surface area (Å²) in [6, 6.07) is 3.78. The van der Waals surface area contributed by atoms with Gasteiger partial charge in [-0.2, -0.15) is 5.10 Å². The summed E-state index contributed by atoms with van der Waals surface area (Å²) < 4.78 is 1.72. The van der Waals surface area contributed by atoms with Gasteiger partial charge in [0.2, 0.25) is 0 Å². The van der Waals surface area contributed by atoms with Gasteiger partial charge in [-0.05, 0) is 19.1 Å². The van der Waals surface area contributed by atoms with Crippen LogP contribution in [0.1, 0.15) is 11.3 Å². The molecule has 0 aliphatic carbocycles. The number of pyridine rings is 1. The summed E-state index contributed by atoms with van der Waals surface area (Å²) >= 11 is 1.49. The van der Waals surface area contributed by atoms with E-state index in [2.05, 4.69) is 15.2 Å². The predicted molar refractivity (Wildman–Crippen MR) is 68.8 cm³/mol. The number of nitrogens with two attached hydrogens (primary N) is 1. The molecule has 0 aromatic carbocycles. The second-order valence-corrected chi connectivity index (χ2v) is 4.72. The smallest absolute Gasteiger partial charge is 0.174 e. The molecule has 0 aliphatic rings. The van der Waals surface area contributed by atoms with Crippen molar-refractivity contribution in [2.75, 3.05) is 0 Å². The molecular weight excluding hydrogens is 250 g/mol. The van der Waals surface area contributed by atoms with Crippen molar-refractivity contribution in [3.63, 3.8) is 0 Å². The molecular formula is C11H13N5OS. The van der Waals surface area contributed by atoms with E-state index < -0.39 is 0 Å². The lowest BCUT2D eigenvalue weighted by Gasteiger charge is -2.04. The standard InChI is InChI=1S/C11H13N5OS/c1-7-9(10(12)15-17)11(16(2)14-7)18-8-3-5-13-6-4-8/h3-6,17H,1-2H3,(H2,12,15). The molecule has 0 saturated heterocycles. The first-order valence-corrected chi connectivity index (χ1v) is 6.04. The van der Waals surface area contributed by atoms with Crippen LogP contribution in [0.25, 0.3) is 0 Å². The maximum absolute atomic E-state index is 8.82. The fraction of sp³-hybridized carbons (Fsp3) is 0.182. The Morgan fingerprint density at radius 3 is 2.72 bits per heavy atom. The largest absolute Gasteiger partial charge is 0.409 e. The molecule has 0 atom stereocenters. The van der Waals surface area contributed by atoms with E-state index in [0.717, 1.165) is 15.6 Å². The van der Waals surface area contributed by atoms with Gasteiger partial charge in [-0.1, -0.05) is 16.9 Å². The van der Waals surface area contributed by atoms with E-state index in [0.29, 0.717) is 5.56 Å². The number of hydrogen-bond acceptors (Lipinski definition) is 5. The predicted octanol–water partition coefficient (Wildman–Crippen LogP) is 1.37. The molecule has 0 spiro atoms. The lowest BCUT2D eigenvalue weighted by molar-refractivity contribution is 0.318. The Morgan fingerprint density at radius 2 is 2.11 bits per heavy atom. The van der Waals surface area contributed by atoms with Crippen LogP contribution in [0.2, 0.25) is 0 Å². The van der Waals surface area contributed by atoms with E-state index in [1.54, 1.807) is 17.1 Å². The second-order valence-electron chi connectivity index (χ2n) is 3.66. The van der Waals surface area contributed by atoms with Crippen LogP contribution >= 0.6 is 11.8 Å². The summed E-state index contributed by atoms with van der Waals surface area (Å²) in [6.45, 7) is 1.82. The minimum absolute atomic E-state index is 0.0668. The van der Waals surface area contributed by atoms with Crippen LogP contribution < -0.4 is 5.73 Å². The molecule has 0 amide bonds. The summed E-state index contributed by atoms with van der Waals surface area (Å²) in [6.07, 6.45) is 3.43. The number of oxime groups is 1. The van der Waals surface area contributed by atoms with Crippen LogP contribution in [0.5, 0.6) is 0 Å². The third kappa shape index (κ3) is 2.30. The quantitative estimate of drug-likeness (QED) is 0.378. The van der Waals surface area contributed by atoms with E-state index in [9.17, 15) is 0 Å². The molecule has 0 aliphatic heterocycles. The number of hydrogen-bond donors (Lipinski definition) is 2. The van der Waals surface area contributed by atoms with E-state index in [4.69, 9.17) is 10.9 Å². The Morgan fingerprint density at radius 1 is 1.44 bits per heavy atom. The number of nitrogens with zero attached hydrogens (tertiary/aromatic N) is 4. The van der Waals surface area contributed by atoms with Crippen molar-refractivity contribution in [2.45, 2.75) is 16.8 Å². The molecule has 0 fully saturated rings. The lowest BCUT2D eigenvalue weighted by atomic mass is 10.2. The number of rotatable bonds is 3. The van der Waals surface area contributed by atoms with Gasteiger partial charge in [0.15, 0.2) is 5.84 Å². The van der Waals surface area contributed by atoms with Gasteiger partial charge < -0.3 is 10.9 Å². The Balaban J connectivity index is 2.45. The molecule has 0 saturated carbocycles. The molecule has 2 rings (SSSR count). The van der Waals surface area contributed by atoms with Crippen LogP contribution in [0.3, 0.4) is 0 Å². The summed E-state index contributed by atoms with van der Waals surface area (Å²) in [4.78, 5) is 4.98. The molecule has 7 heteroatoms. The first kappa shape index (κ1) is 12.4. The number of aryl methyl sites for hydroxylation is 2. The van der Waals surface area contributed by atoms with Crippen molar-refractivity contribution in [1.82, 2.24) is 14.8 Å². The molecule has 2 aromatic rings. The van der Waals surface area contributed by atoms with Crippen LogP contribution in [0.4, 0.5) is 0 Å². The van der Waals surface area contributed by atoms with E-state index in [1.807, 2.05) is 26.1 Å². The van der Waals surface area contributed by atoms with Gasteiger partial charge in [-0.15, -0.1) is 0 Å². The SMILES string of the molecule is Cc1nn(C)c(Sc2ccncc2)c1C(N)=NO. The fourth-order valence-electron chi connectivity index (χ4n) is 1.62. The van der Waals surface area contributed by atoms with Gasteiger partial charge in [0.1, 0.15) is 5.03 Å². The summed E-state index contributed by atoms with van der Waals surface area (Å²) in [5.74, 6) is 0.0668. The first-order valence-electron chi connectivity index (χ1n) is 5.23. The zero-order valence-electron chi connectivity index (χ0n) is 10.0. The molecule has 2 aromatic heterocycles. The summed E-state index contributed by atoms with van der Waals surface area (Å²) in [5.41, 5.74) is 7.06. The van der Waals surface area contributed by atoms with Crippen LogP contribution in [-0.2, 0) is 7.05 Å². The van der Waals surface area contributed by atoms with Gasteiger partial charge in [0.05, 0.1) is 11.3 Å². The van der Waals surface area contributed by atoms with Crippen molar-refractivity contribution in [2.24, 2.45) is 17.9 Å². The average molecular weight is 263 g/mol. The van der Waals surface area contributed by atoms with Gasteiger partial charge in [0.25, 0.3) is 0 Å². The monoisotopic (exact) mass is 263 g/mol. The topological polar surface area (TPSA) is 89.3 Å². The normalized spacial score (nSPS) is 11.8. The molecule has 0 bridgehead atoms. The maximum Gasteiger partial charge on any atom is 0.174 e. The zero-order chi connectivity index (χ0) is 13.1. The van der Waals surface area contributed by atoms with Crippen LogP contribution in [-0.4, -0.2) is 25.8 Å². The molecule has 6 nitrogen and oxygen atoms in total. The maximum atomic E-state index is 8.82. The Bertz CT molecular complexity index is 579. The van der Waals surface area contributed by atoms with Gasteiger partial charge in [-0.25, -0.2) is 0 Å². The molecule has 0 unspecified atom stereocenters.